The molecule has 0 unspecified atom stereocenters. The number of halogens is 1. The number of carbonyl (C=O) groups is 1. The van der Waals surface area contributed by atoms with Gasteiger partial charge in [-0.05, 0) is 42.8 Å². The molecule has 0 saturated carbocycles. The maximum atomic E-state index is 11.0. The monoisotopic (exact) mass is 453 g/mol. The summed E-state index contributed by atoms with van der Waals surface area (Å²) >= 11 is 6.30. The summed E-state index contributed by atoms with van der Waals surface area (Å²) < 4.78 is 11.4. The van der Waals surface area contributed by atoms with Crippen LogP contribution in [0.3, 0.4) is 0 Å². The van der Waals surface area contributed by atoms with Crippen molar-refractivity contribution >= 4 is 29.3 Å². The third-order valence-electron chi connectivity index (χ3n) is 4.17. The SMILES string of the molecule is CC(=O)N[C@@H](C)/C=C/c1ccc(Oc2ccc(Oc3ccc([N+](=O)[O-])cc3)cc2Cl)nc1. The molecule has 0 aliphatic rings. The number of benzene rings is 2. The highest BCUT2D eigenvalue weighted by Gasteiger charge is 2.09. The number of ether oxygens (including phenoxy) is 2. The van der Waals surface area contributed by atoms with E-state index in [0.29, 0.717) is 28.2 Å². The summed E-state index contributed by atoms with van der Waals surface area (Å²) in [7, 11) is 0. The second kappa shape index (κ2) is 10.4. The molecule has 1 aromatic heterocycles. The zero-order chi connectivity index (χ0) is 23.1. The topological polar surface area (TPSA) is 104 Å². The fraction of sp³-hybridized carbons (Fsp3) is 0.130. The molecule has 1 N–H and O–H groups in total. The van der Waals surface area contributed by atoms with Crippen molar-refractivity contribution in [2.24, 2.45) is 0 Å². The van der Waals surface area contributed by atoms with Crippen molar-refractivity contribution in [3.05, 3.63) is 87.6 Å². The lowest BCUT2D eigenvalue weighted by molar-refractivity contribution is -0.384. The molecule has 8 nitrogen and oxygen atoms in total. The van der Waals surface area contributed by atoms with Crippen molar-refractivity contribution in [3.63, 3.8) is 0 Å². The Morgan fingerprint density at radius 3 is 2.44 bits per heavy atom. The van der Waals surface area contributed by atoms with Gasteiger partial charge >= 0.3 is 0 Å². The van der Waals surface area contributed by atoms with Crippen LogP contribution in [0.1, 0.15) is 19.4 Å². The number of nitrogens with one attached hydrogen (secondary N) is 1. The molecule has 0 aliphatic carbocycles. The third-order valence-corrected chi connectivity index (χ3v) is 4.46. The normalized spacial score (nSPS) is 11.7. The summed E-state index contributed by atoms with van der Waals surface area (Å²) in [5.74, 6) is 1.57. The van der Waals surface area contributed by atoms with Crippen molar-refractivity contribution in [2.75, 3.05) is 0 Å². The van der Waals surface area contributed by atoms with Gasteiger partial charge in [-0.15, -0.1) is 0 Å². The number of hydrogen-bond acceptors (Lipinski definition) is 6. The number of amides is 1. The van der Waals surface area contributed by atoms with Gasteiger partial charge in [0.2, 0.25) is 11.8 Å². The Morgan fingerprint density at radius 2 is 1.84 bits per heavy atom. The molecule has 0 spiro atoms. The van der Waals surface area contributed by atoms with Crippen molar-refractivity contribution < 1.29 is 19.2 Å². The molecule has 3 aromatic rings. The van der Waals surface area contributed by atoms with Crippen LogP contribution in [0.25, 0.3) is 6.08 Å². The Hall–Kier alpha value is -3.91. The minimum atomic E-state index is -0.476. The van der Waals surface area contributed by atoms with Gasteiger partial charge in [0.1, 0.15) is 17.2 Å². The number of aromatic nitrogens is 1. The number of nitro benzene ring substituents is 1. The van der Waals surface area contributed by atoms with Gasteiger partial charge < -0.3 is 14.8 Å². The second-order valence-electron chi connectivity index (χ2n) is 6.83. The van der Waals surface area contributed by atoms with Crippen LogP contribution in [0.4, 0.5) is 5.69 Å². The number of hydrogen-bond donors (Lipinski definition) is 1. The van der Waals surface area contributed by atoms with E-state index in [1.807, 2.05) is 25.1 Å². The summed E-state index contributed by atoms with van der Waals surface area (Å²) in [6.07, 6.45) is 5.36. The zero-order valence-electron chi connectivity index (χ0n) is 17.3. The zero-order valence-corrected chi connectivity index (χ0v) is 18.1. The van der Waals surface area contributed by atoms with Crippen LogP contribution in [0.15, 0.2) is 66.9 Å². The second-order valence-corrected chi connectivity index (χ2v) is 7.23. The van der Waals surface area contributed by atoms with E-state index in [-0.39, 0.29) is 17.6 Å². The molecule has 3 rings (SSSR count). The van der Waals surface area contributed by atoms with Crippen molar-refractivity contribution in [3.8, 4) is 23.1 Å². The molecular weight excluding hydrogens is 434 g/mol. The van der Waals surface area contributed by atoms with Gasteiger partial charge in [-0.2, -0.15) is 0 Å². The average molecular weight is 454 g/mol. The van der Waals surface area contributed by atoms with Crippen LogP contribution in [0, 0.1) is 10.1 Å². The molecule has 0 aliphatic heterocycles. The lowest BCUT2D eigenvalue weighted by atomic mass is 10.2. The van der Waals surface area contributed by atoms with Crippen LogP contribution in [-0.4, -0.2) is 21.9 Å². The number of non-ortho nitro benzene ring substituents is 1. The number of carbonyl (C=O) groups excluding carboxylic acids is 1. The molecule has 1 heterocycles. The highest BCUT2D eigenvalue weighted by molar-refractivity contribution is 6.32. The van der Waals surface area contributed by atoms with Crippen LogP contribution in [0.5, 0.6) is 23.1 Å². The van der Waals surface area contributed by atoms with Gasteiger partial charge in [-0.1, -0.05) is 23.8 Å². The molecule has 32 heavy (non-hydrogen) atoms. The standard InChI is InChI=1S/C23H20ClN3O5/c1-15(26-16(2)28)3-4-17-5-12-23(25-14-17)32-22-11-10-20(13-21(22)24)31-19-8-6-18(7-9-19)27(29)30/h3-15H,1-2H3,(H,26,28)/b4-3+/t15-/m0/s1. The van der Waals surface area contributed by atoms with Crippen LogP contribution < -0.4 is 14.8 Å². The molecule has 9 heteroatoms. The molecular formula is C23H20ClN3O5. The highest BCUT2D eigenvalue weighted by Crippen LogP contribution is 2.34. The summed E-state index contributed by atoms with van der Waals surface area (Å²) in [6, 6.07) is 14.1. The average Bonchev–Trinajstić information content (AvgIpc) is 2.75. The maximum Gasteiger partial charge on any atom is 0.269 e. The smallest absolute Gasteiger partial charge is 0.269 e. The third kappa shape index (κ3) is 6.55. The van der Waals surface area contributed by atoms with E-state index in [9.17, 15) is 14.9 Å². The van der Waals surface area contributed by atoms with Gasteiger partial charge in [0.05, 0.1) is 9.95 Å². The minimum Gasteiger partial charge on any atom is -0.457 e. The fourth-order valence-corrected chi connectivity index (χ4v) is 2.90. The Labute approximate surface area is 189 Å². The van der Waals surface area contributed by atoms with E-state index >= 15 is 0 Å². The van der Waals surface area contributed by atoms with E-state index < -0.39 is 4.92 Å². The number of rotatable bonds is 8. The van der Waals surface area contributed by atoms with Gasteiger partial charge in [-0.25, -0.2) is 4.98 Å². The summed E-state index contributed by atoms with van der Waals surface area (Å²) in [5, 5.41) is 13.8. The van der Waals surface area contributed by atoms with E-state index in [4.69, 9.17) is 21.1 Å². The largest absolute Gasteiger partial charge is 0.457 e. The Balaban J connectivity index is 1.62. The fourth-order valence-electron chi connectivity index (χ4n) is 2.69. The highest BCUT2D eigenvalue weighted by atomic mass is 35.5. The summed E-state index contributed by atoms with van der Waals surface area (Å²) in [6.45, 7) is 3.34. The Kier molecular flexibility index (Phi) is 7.41. The van der Waals surface area contributed by atoms with Gasteiger partial charge in [0.15, 0.2) is 0 Å². The number of nitro groups is 1. The van der Waals surface area contributed by atoms with Crippen LogP contribution in [-0.2, 0) is 4.79 Å². The molecule has 0 bridgehead atoms. The molecule has 2 aromatic carbocycles. The summed E-state index contributed by atoms with van der Waals surface area (Å²) in [5.41, 5.74) is 0.836. The lowest BCUT2D eigenvalue weighted by Gasteiger charge is -2.10. The first kappa shape index (κ1) is 22.8. The van der Waals surface area contributed by atoms with E-state index in [1.54, 1.807) is 30.5 Å². The Bertz CT molecular complexity index is 1130. The van der Waals surface area contributed by atoms with Gasteiger partial charge in [0.25, 0.3) is 5.69 Å². The molecule has 164 valence electrons. The molecule has 0 saturated heterocycles. The van der Waals surface area contributed by atoms with Crippen molar-refractivity contribution in [2.45, 2.75) is 19.9 Å². The van der Waals surface area contributed by atoms with Crippen molar-refractivity contribution in [1.82, 2.24) is 10.3 Å². The summed E-state index contributed by atoms with van der Waals surface area (Å²) in [4.78, 5) is 25.6. The van der Waals surface area contributed by atoms with E-state index in [1.165, 1.54) is 31.2 Å². The van der Waals surface area contributed by atoms with Crippen LogP contribution >= 0.6 is 11.6 Å². The molecule has 1 amide bonds. The molecule has 0 fully saturated rings. The Morgan fingerprint density at radius 1 is 1.12 bits per heavy atom. The quantitative estimate of drug-likeness (QED) is 0.343. The van der Waals surface area contributed by atoms with E-state index in [0.717, 1.165) is 5.56 Å². The first-order valence-corrected chi connectivity index (χ1v) is 9.99. The first-order chi connectivity index (χ1) is 15.3. The van der Waals surface area contributed by atoms with Crippen LogP contribution in [0.2, 0.25) is 5.02 Å². The molecule has 0 radical (unpaired) electrons. The predicted octanol–water partition coefficient (Wildman–Crippen LogP) is 5.77. The number of pyridine rings is 1. The minimum absolute atomic E-state index is 0.0182. The molecule has 1 atom stereocenters. The number of nitrogens with zero attached hydrogens (tertiary/aromatic N) is 2. The van der Waals surface area contributed by atoms with Crippen molar-refractivity contribution in [1.29, 1.82) is 0 Å². The van der Waals surface area contributed by atoms with E-state index in [2.05, 4.69) is 10.3 Å². The van der Waals surface area contributed by atoms with Gasteiger partial charge in [0, 0.05) is 43.4 Å². The lowest BCUT2D eigenvalue weighted by Crippen LogP contribution is -2.28. The first-order valence-electron chi connectivity index (χ1n) is 9.61. The maximum absolute atomic E-state index is 11.0. The van der Waals surface area contributed by atoms with Gasteiger partial charge in [-0.3, -0.25) is 14.9 Å². The predicted molar refractivity (Wildman–Crippen MR) is 121 cm³/mol.